The molecular weight excluding hydrogens is 484 g/mol. The topological polar surface area (TPSA) is 85.3 Å². The number of benzene rings is 3. The highest BCUT2D eigenvalue weighted by Crippen LogP contribution is 2.45. The van der Waals surface area contributed by atoms with Gasteiger partial charge in [0.2, 0.25) is 0 Å². The number of amides is 1. The zero-order valence-corrected chi connectivity index (χ0v) is 20.7. The molecule has 1 N–H and O–H groups in total. The normalized spacial score (nSPS) is 16.7. The maximum absolute atomic E-state index is 14.9. The molecule has 4 rings (SSSR count). The Morgan fingerprint density at radius 1 is 0.946 bits per heavy atom. The average Bonchev–Trinajstić information content (AvgIpc) is 3.15. The number of ether oxygens (including phenoxy) is 3. The van der Waals surface area contributed by atoms with Gasteiger partial charge in [-0.05, 0) is 55.8 Å². The number of aliphatic hydroxyl groups excluding tert-OH is 1. The van der Waals surface area contributed by atoms with Gasteiger partial charge in [0.25, 0.3) is 11.7 Å². The minimum atomic E-state index is -1.31. The van der Waals surface area contributed by atoms with Gasteiger partial charge in [0.1, 0.15) is 23.1 Å². The van der Waals surface area contributed by atoms with Crippen LogP contribution in [-0.2, 0) is 9.59 Å². The van der Waals surface area contributed by atoms with Crippen molar-refractivity contribution in [2.24, 2.45) is 0 Å². The lowest BCUT2D eigenvalue weighted by atomic mass is 9.94. The summed E-state index contributed by atoms with van der Waals surface area (Å²) in [6, 6.07) is 10.9. The first-order chi connectivity index (χ1) is 17.7. The number of methoxy groups -OCH3 is 2. The van der Waals surface area contributed by atoms with Gasteiger partial charge in [0, 0.05) is 6.07 Å². The number of aryl methyl sites for hydroxylation is 1. The molecule has 1 heterocycles. The second-order valence-electron chi connectivity index (χ2n) is 8.31. The van der Waals surface area contributed by atoms with E-state index < -0.39 is 40.8 Å². The van der Waals surface area contributed by atoms with Gasteiger partial charge in [-0.2, -0.15) is 0 Å². The fraction of sp³-hybridized carbons (Fsp3) is 0.214. The first kappa shape index (κ1) is 25.7. The molecule has 1 amide bonds. The summed E-state index contributed by atoms with van der Waals surface area (Å²) >= 11 is 0. The zero-order chi connectivity index (χ0) is 26.9. The van der Waals surface area contributed by atoms with E-state index in [0.717, 1.165) is 28.7 Å². The van der Waals surface area contributed by atoms with E-state index in [-0.39, 0.29) is 16.9 Å². The van der Waals surface area contributed by atoms with E-state index in [4.69, 9.17) is 14.2 Å². The van der Waals surface area contributed by atoms with E-state index in [2.05, 4.69) is 0 Å². The van der Waals surface area contributed by atoms with Crippen LogP contribution in [0.25, 0.3) is 5.76 Å². The van der Waals surface area contributed by atoms with Crippen LogP contribution in [0.5, 0.6) is 17.2 Å². The number of ketones is 1. The predicted molar refractivity (Wildman–Crippen MR) is 133 cm³/mol. The Hall–Kier alpha value is -4.40. The summed E-state index contributed by atoms with van der Waals surface area (Å²) in [6.45, 7) is 3.84. The number of anilines is 1. The lowest BCUT2D eigenvalue weighted by Gasteiger charge is -2.26. The van der Waals surface area contributed by atoms with Crippen LogP contribution in [-0.4, -0.2) is 37.6 Å². The maximum atomic E-state index is 14.9. The van der Waals surface area contributed by atoms with Crippen LogP contribution in [0.3, 0.4) is 0 Å². The Kier molecular flexibility index (Phi) is 7.15. The van der Waals surface area contributed by atoms with Crippen molar-refractivity contribution in [1.82, 2.24) is 0 Å². The Bertz CT molecular complexity index is 1420. The minimum Gasteiger partial charge on any atom is -0.507 e. The number of carbonyl (C=O) groups is 2. The number of carbonyl (C=O) groups excluding carboxylic acids is 2. The molecule has 1 atom stereocenters. The Morgan fingerprint density at radius 2 is 1.65 bits per heavy atom. The smallest absolute Gasteiger partial charge is 0.300 e. The third-order valence-corrected chi connectivity index (χ3v) is 6.03. The van der Waals surface area contributed by atoms with Gasteiger partial charge < -0.3 is 19.3 Å². The van der Waals surface area contributed by atoms with Gasteiger partial charge in [-0.1, -0.05) is 17.7 Å². The molecule has 3 aromatic carbocycles. The van der Waals surface area contributed by atoms with Crippen LogP contribution in [0.4, 0.5) is 14.5 Å². The van der Waals surface area contributed by atoms with Crippen LogP contribution in [0.2, 0.25) is 0 Å². The summed E-state index contributed by atoms with van der Waals surface area (Å²) in [5.41, 5.74) is 0.470. The number of Topliss-reactive ketones (excluding diaryl/α,β-unsaturated/α-hetero) is 1. The highest BCUT2D eigenvalue weighted by Gasteiger charge is 2.48. The molecule has 0 radical (unpaired) electrons. The fourth-order valence-corrected chi connectivity index (χ4v) is 4.35. The molecule has 37 heavy (non-hydrogen) atoms. The molecule has 1 unspecified atom stereocenters. The quantitative estimate of drug-likeness (QED) is 0.264. The highest BCUT2D eigenvalue weighted by molar-refractivity contribution is 6.51. The molecule has 7 nitrogen and oxygen atoms in total. The largest absolute Gasteiger partial charge is 0.507 e. The second-order valence-corrected chi connectivity index (χ2v) is 8.31. The van der Waals surface area contributed by atoms with E-state index in [1.807, 2.05) is 0 Å². The Balaban J connectivity index is 2.04. The van der Waals surface area contributed by atoms with Crippen LogP contribution >= 0.6 is 0 Å². The van der Waals surface area contributed by atoms with E-state index in [9.17, 15) is 23.5 Å². The Labute approximate surface area is 212 Å². The summed E-state index contributed by atoms with van der Waals surface area (Å²) in [7, 11) is 2.85. The van der Waals surface area contributed by atoms with Crippen molar-refractivity contribution in [3.8, 4) is 17.2 Å². The lowest BCUT2D eigenvalue weighted by molar-refractivity contribution is -0.132. The molecule has 192 valence electrons. The molecule has 1 aliphatic heterocycles. The van der Waals surface area contributed by atoms with Crippen LogP contribution < -0.4 is 19.1 Å². The molecule has 0 aromatic heterocycles. The minimum absolute atomic E-state index is 0.170. The lowest BCUT2D eigenvalue weighted by Crippen LogP contribution is -2.30. The van der Waals surface area contributed by atoms with Gasteiger partial charge in [-0.3, -0.25) is 14.5 Å². The van der Waals surface area contributed by atoms with Gasteiger partial charge in [-0.15, -0.1) is 0 Å². The number of aliphatic hydroxyl groups is 1. The number of halogens is 2. The van der Waals surface area contributed by atoms with Crippen molar-refractivity contribution in [3.05, 3.63) is 88.5 Å². The maximum Gasteiger partial charge on any atom is 0.300 e. The second kappa shape index (κ2) is 10.3. The number of nitrogens with zero attached hydrogens (tertiary/aromatic N) is 1. The van der Waals surface area contributed by atoms with Gasteiger partial charge in [0.05, 0.1) is 43.7 Å². The first-order valence-electron chi connectivity index (χ1n) is 11.4. The molecule has 1 fully saturated rings. The third-order valence-electron chi connectivity index (χ3n) is 6.03. The summed E-state index contributed by atoms with van der Waals surface area (Å²) in [4.78, 5) is 27.5. The average molecular weight is 510 g/mol. The molecule has 3 aromatic rings. The standard InChI is InChI=1S/C28H25F2NO6/c1-5-37-23-13-16(7-11-22(23)36-4)25-24(26(32)18-12-15(2)6-10-21(18)35-3)27(33)28(34)31(25)20-14-17(29)8-9-19(20)30/h6-14,25,32H,5H2,1-4H3/b26-24+. The first-order valence-corrected chi connectivity index (χ1v) is 11.4. The van der Waals surface area contributed by atoms with Crippen molar-refractivity contribution in [1.29, 1.82) is 0 Å². The third kappa shape index (κ3) is 4.60. The van der Waals surface area contributed by atoms with E-state index >= 15 is 0 Å². The van der Waals surface area contributed by atoms with Crippen molar-refractivity contribution in [2.75, 3.05) is 25.7 Å². The predicted octanol–water partition coefficient (Wildman–Crippen LogP) is 5.32. The van der Waals surface area contributed by atoms with Crippen LogP contribution in [0.15, 0.2) is 60.2 Å². The summed E-state index contributed by atoms with van der Waals surface area (Å²) in [5.74, 6) is -3.48. The number of hydrogen-bond acceptors (Lipinski definition) is 6. The van der Waals surface area contributed by atoms with Crippen molar-refractivity contribution in [2.45, 2.75) is 19.9 Å². The van der Waals surface area contributed by atoms with Crippen molar-refractivity contribution >= 4 is 23.1 Å². The summed E-state index contributed by atoms with van der Waals surface area (Å²) in [5, 5.41) is 11.4. The van der Waals surface area contributed by atoms with Crippen molar-refractivity contribution in [3.63, 3.8) is 0 Å². The summed E-state index contributed by atoms with van der Waals surface area (Å²) < 4.78 is 45.5. The fourth-order valence-electron chi connectivity index (χ4n) is 4.35. The molecule has 0 bridgehead atoms. The molecular formula is C28H25F2NO6. The van der Waals surface area contributed by atoms with Gasteiger partial charge in [0.15, 0.2) is 11.5 Å². The zero-order valence-electron chi connectivity index (χ0n) is 20.7. The number of hydrogen-bond donors (Lipinski definition) is 1. The van der Waals surface area contributed by atoms with Crippen molar-refractivity contribution < 1.29 is 37.7 Å². The summed E-state index contributed by atoms with van der Waals surface area (Å²) in [6.07, 6.45) is 0. The molecule has 9 heteroatoms. The van der Waals surface area contributed by atoms with E-state index in [1.165, 1.54) is 20.3 Å². The molecule has 0 spiro atoms. The van der Waals surface area contributed by atoms with E-state index in [1.54, 1.807) is 44.2 Å². The van der Waals surface area contributed by atoms with Crippen LogP contribution in [0.1, 0.15) is 29.7 Å². The van der Waals surface area contributed by atoms with Crippen LogP contribution in [0, 0.1) is 18.6 Å². The van der Waals surface area contributed by atoms with Gasteiger partial charge >= 0.3 is 0 Å². The van der Waals surface area contributed by atoms with Gasteiger partial charge in [-0.25, -0.2) is 8.78 Å². The molecule has 1 saturated heterocycles. The molecule has 1 aliphatic rings. The Morgan fingerprint density at radius 3 is 2.32 bits per heavy atom. The number of rotatable bonds is 7. The highest BCUT2D eigenvalue weighted by atomic mass is 19.1. The molecule has 0 aliphatic carbocycles. The van der Waals surface area contributed by atoms with E-state index in [0.29, 0.717) is 23.7 Å². The molecule has 0 saturated carbocycles. The SMILES string of the molecule is CCOc1cc(C2/C(=C(\O)c3cc(C)ccc3OC)C(=O)C(=O)N2c2cc(F)ccc2F)ccc1OC. The monoisotopic (exact) mass is 509 g/mol.